The molecule has 0 bridgehead atoms. The Bertz CT molecular complexity index is 1080. The molecule has 0 aliphatic carbocycles. The van der Waals surface area contributed by atoms with Gasteiger partial charge in [-0.15, -0.1) is 0 Å². The van der Waals surface area contributed by atoms with Crippen LogP contribution in [0.4, 0.5) is 10.5 Å². The number of likely N-dealkylation sites (tertiary alicyclic amines) is 1. The number of aryl methyl sites for hydroxylation is 1. The molecule has 1 saturated heterocycles. The number of piperidine rings is 1. The van der Waals surface area contributed by atoms with Gasteiger partial charge in [-0.05, 0) is 51.1 Å². The van der Waals surface area contributed by atoms with Crippen LogP contribution in [0, 0.1) is 0 Å². The highest BCUT2D eigenvalue weighted by Crippen LogP contribution is 2.19. The molecule has 1 aliphatic heterocycles. The number of anilines is 1. The fourth-order valence-electron chi connectivity index (χ4n) is 3.21. The van der Waals surface area contributed by atoms with E-state index in [1.165, 1.54) is 19.2 Å². The molecule has 2 heterocycles. The van der Waals surface area contributed by atoms with Gasteiger partial charge < -0.3 is 19.7 Å². The number of nitrogens with zero attached hydrogens (tertiary/aromatic N) is 3. The lowest BCUT2D eigenvalue weighted by Gasteiger charge is -2.33. The predicted molar refractivity (Wildman–Crippen MR) is 120 cm³/mol. The fourth-order valence-corrected chi connectivity index (χ4v) is 3.21. The number of aromatic nitrogens is 2. The number of amides is 2. The molecule has 2 amide bonds. The van der Waals surface area contributed by atoms with Gasteiger partial charge in [0.15, 0.2) is 0 Å². The van der Waals surface area contributed by atoms with Crippen LogP contribution in [-0.2, 0) is 16.5 Å². The first-order valence-electron chi connectivity index (χ1n) is 10.7. The van der Waals surface area contributed by atoms with Gasteiger partial charge in [-0.2, -0.15) is 5.10 Å². The third-order valence-corrected chi connectivity index (χ3v) is 4.94. The molecule has 3 rings (SSSR count). The fraction of sp³-hybridized carbons (Fsp3) is 0.435. The lowest BCUT2D eigenvalue weighted by molar-refractivity contribution is -0.00341. The molecule has 1 fully saturated rings. The van der Waals surface area contributed by atoms with Crippen LogP contribution in [0.5, 0.6) is 0 Å². The van der Waals surface area contributed by atoms with Crippen LogP contribution in [0.25, 0.3) is 0 Å². The Balaban J connectivity index is 1.50. The summed E-state index contributed by atoms with van der Waals surface area (Å²) in [6, 6.07) is 8.89. The van der Waals surface area contributed by atoms with Gasteiger partial charge in [-0.3, -0.25) is 9.59 Å². The molecule has 0 atom stereocenters. The highest BCUT2D eigenvalue weighted by Gasteiger charge is 2.28. The van der Waals surface area contributed by atoms with Crippen molar-refractivity contribution in [1.29, 1.82) is 0 Å². The van der Waals surface area contributed by atoms with Crippen molar-refractivity contribution in [1.82, 2.24) is 14.7 Å². The normalized spacial score (nSPS) is 14.5. The van der Waals surface area contributed by atoms with Crippen molar-refractivity contribution in [2.75, 3.05) is 18.4 Å². The van der Waals surface area contributed by atoms with Crippen LogP contribution in [0.15, 0.2) is 41.2 Å². The Morgan fingerprint density at radius 2 is 1.67 bits per heavy atom. The molecule has 33 heavy (non-hydrogen) atoms. The first-order chi connectivity index (χ1) is 15.5. The van der Waals surface area contributed by atoms with E-state index in [2.05, 4.69) is 10.4 Å². The van der Waals surface area contributed by atoms with E-state index in [0.29, 0.717) is 37.2 Å². The molecule has 10 heteroatoms. The second kappa shape index (κ2) is 9.85. The summed E-state index contributed by atoms with van der Waals surface area (Å²) < 4.78 is 12.0. The maximum atomic E-state index is 12.5. The van der Waals surface area contributed by atoms with E-state index < -0.39 is 17.5 Å². The van der Waals surface area contributed by atoms with Crippen molar-refractivity contribution >= 4 is 23.7 Å². The van der Waals surface area contributed by atoms with Gasteiger partial charge in [0.2, 0.25) is 0 Å². The van der Waals surface area contributed by atoms with Crippen molar-refractivity contribution in [2.24, 2.45) is 7.05 Å². The quantitative estimate of drug-likeness (QED) is 0.702. The Morgan fingerprint density at radius 3 is 2.24 bits per heavy atom. The van der Waals surface area contributed by atoms with Crippen molar-refractivity contribution in [3.63, 3.8) is 0 Å². The summed E-state index contributed by atoms with van der Waals surface area (Å²) in [7, 11) is 1.46. The molecule has 1 aliphatic rings. The summed E-state index contributed by atoms with van der Waals surface area (Å²) in [6.45, 7) is 6.36. The van der Waals surface area contributed by atoms with Crippen molar-refractivity contribution in [2.45, 2.75) is 45.3 Å². The van der Waals surface area contributed by atoms with Gasteiger partial charge in [-0.1, -0.05) is 0 Å². The molecule has 176 valence electrons. The molecular formula is C23H28N4O6. The monoisotopic (exact) mass is 456 g/mol. The summed E-state index contributed by atoms with van der Waals surface area (Å²) in [4.78, 5) is 49.9. The van der Waals surface area contributed by atoms with Crippen LogP contribution in [0.2, 0.25) is 0 Å². The Kier molecular flexibility index (Phi) is 7.15. The number of hydrogen-bond donors (Lipinski definition) is 1. The second-order valence-corrected chi connectivity index (χ2v) is 8.78. The average molecular weight is 456 g/mol. The number of carbonyl (C=O) groups is 3. The molecule has 1 N–H and O–H groups in total. The summed E-state index contributed by atoms with van der Waals surface area (Å²) in [5, 5.41) is 6.56. The minimum Gasteiger partial charge on any atom is -0.459 e. The molecule has 1 aromatic heterocycles. The Labute approximate surface area is 191 Å². The van der Waals surface area contributed by atoms with Gasteiger partial charge in [0.25, 0.3) is 11.5 Å². The molecule has 2 aromatic rings. The number of rotatable bonds is 4. The minimum atomic E-state index is -0.554. The maximum absolute atomic E-state index is 12.5. The van der Waals surface area contributed by atoms with Crippen LogP contribution in [-0.4, -0.2) is 57.4 Å². The number of nitrogens with one attached hydrogen (secondary N) is 1. The third-order valence-electron chi connectivity index (χ3n) is 4.94. The Hall–Kier alpha value is -3.69. The minimum absolute atomic E-state index is 0.0957. The summed E-state index contributed by atoms with van der Waals surface area (Å²) in [5.41, 5.74) is 0.0473. The number of hydrogen-bond acceptors (Lipinski definition) is 7. The zero-order valence-corrected chi connectivity index (χ0v) is 19.2. The molecular weight excluding hydrogens is 428 g/mol. The van der Waals surface area contributed by atoms with E-state index in [4.69, 9.17) is 9.47 Å². The molecule has 0 unspecified atom stereocenters. The lowest BCUT2D eigenvalue weighted by Crippen LogP contribution is -2.43. The van der Waals surface area contributed by atoms with Crippen molar-refractivity contribution in [3.05, 3.63) is 58.0 Å². The van der Waals surface area contributed by atoms with Gasteiger partial charge in [0, 0.05) is 44.7 Å². The van der Waals surface area contributed by atoms with Crippen LogP contribution in [0.3, 0.4) is 0 Å². The number of ether oxygens (including phenoxy) is 2. The summed E-state index contributed by atoms with van der Waals surface area (Å²) in [6.07, 6.45) is 0.418. The van der Waals surface area contributed by atoms with Gasteiger partial charge in [-0.25, -0.2) is 14.3 Å². The zero-order chi connectivity index (χ0) is 24.2. The van der Waals surface area contributed by atoms with E-state index in [9.17, 15) is 19.2 Å². The van der Waals surface area contributed by atoms with Gasteiger partial charge in [0.1, 0.15) is 17.4 Å². The van der Waals surface area contributed by atoms with Crippen LogP contribution < -0.4 is 10.9 Å². The average Bonchev–Trinajstić information content (AvgIpc) is 2.75. The summed E-state index contributed by atoms with van der Waals surface area (Å²) >= 11 is 0. The van der Waals surface area contributed by atoms with Crippen molar-refractivity contribution < 1.29 is 23.9 Å². The summed E-state index contributed by atoms with van der Waals surface area (Å²) in [5.74, 6) is -0.944. The first-order valence-corrected chi connectivity index (χ1v) is 10.7. The predicted octanol–water partition coefficient (Wildman–Crippen LogP) is 2.59. The molecule has 0 saturated carbocycles. The largest absolute Gasteiger partial charge is 0.459 e. The lowest BCUT2D eigenvalue weighted by atomic mass is 10.1. The van der Waals surface area contributed by atoms with E-state index in [1.807, 2.05) is 20.8 Å². The van der Waals surface area contributed by atoms with Crippen LogP contribution >= 0.6 is 0 Å². The Morgan fingerprint density at radius 1 is 1.03 bits per heavy atom. The van der Waals surface area contributed by atoms with Gasteiger partial charge >= 0.3 is 12.1 Å². The number of benzene rings is 1. The van der Waals surface area contributed by atoms with E-state index in [-0.39, 0.29) is 23.5 Å². The molecule has 10 nitrogen and oxygen atoms in total. The zero-order valence-electron chi connectivity index (χ0n) is 19.2. The smallest absolute Gasteiger partial charge is 0.410 e. The maximum Gasteiger partial charge on any atom is 0.410 e. The second-order valence-electron chi connectivity index (χ2n) is 8.78. The first kappa shape index (κ1) is 24.0. The topological polar surface area (TPSA) is 120 Å². The third kappa shape index (κ3) is 6.64. The number of carbonyl (C=O) groups excluding carboxylic acids is 3. The SMILES string of the molecule is Cn1nc(C(=O)Nc2ccc(C(=O)OC3CCN(C(=O)OC(C)(C)C)CC3)cc2)ccc1=O. The molecule has 1 aromatic carbocycles. The van der Waals surface area contributed by atoms with E-state index >= 15 is 0 Å². The molecule has 0 radical (unpaired) electrons. The highest BCUT2D eigenvalue weighted by atomic mass is 16.6. The highest BCUT2D eigenvalue weighted by molar-refractivity contribution is 6.03. The van der Waals surface area contributed by atoms with Gasteiger partial charge in [0.05, 0.1) is 5.56 Å². The van der Waals surface area contributed by atoms with Crippen LogP contribution in [0.1, 0.15) is 54.5 Å². The molecule has 0 spiro atoms. The standard InChI is InChI=1S/C23H28N4O6/c1-23(2,3)33-22(31)27-13-11-17(12-14-27)32-21(30)15-5-7-16(8-6-15)24-20(29)18-9-10-19(28)26(4)25-18/h5-10,17H,11-14H2,1-4H3,(H,24,29). The number of esters is 1. The van der Waals surface area contributed by atoms with E-state index in [1.54, 1.807) is 29.2 Å². The van der Waals surface area contributed by atoms with Crippen molar-refractivity contribution in [3.8, 4) is 0 Å². The van der Waals surface area contributed by atoms with E-state index in [0.717, 1.165) is 4.68 Å².